The molecule has 0 saturated carbocycles. The lowest BCUT2D eigenvalue weighted by Crippen LogP contribution is -2.06. The Morgan fingerprint density at radius 2 is 1.68 bits per heavy atom. The fourth-order valence-corrected chi connectivity index (χ4v) is 1.99. The molecule has 0 aliphatic rings. The Kier molecular flexibility index (Phi) is 4.07. The van der Waals surface area contributed by atoms with Gasteiger partial charge in [0, 0.05) is 6.07 Å². The second-order valence-corrected chi connectivity index (χ2v) is 4.76. The van der Waals surface area contributed by atoms with E-state index in [9.17, 15) is 23.3 Å². The van der Waals surface area contributed by atoms with Crippen LogP contribution in [0.25, 0.3) is 0 Å². The zero-order valence-electron chi connectivity index (χ0n) is 11.8. The van der Waals surface area contributed by atoms with E-state index >= 15 is 0 Å². The maximum Gasteiger partial charge on any atom is 0.416 e. The van der Waals surface area contributed by atoms with Crippen LogP contribution in [0.5, 0.6) is 11.5 Å². The van der Waals surface area contributed by atoms with Gasteiger partial charge in [0.2, 0.25) is 5.75 Å². The number of rotatable bonds is 3. The topological polar surface area (TPSA) is 52.4 Å². The summed E-state index contributed by atoms with van der Waals surface area (Å²) < 4.78 is 43.5. The number of benzene rings is 2. The van der Waals surface area contributed by atoms with Crippen LogP contribution >= 0.6 is 0 Å². The summed E-state index contributed by atoms with van der Waals surface area (Å²) in [6.07, 6.45) is -4.65. The molecule has 0 amide bonds. The third-order valence-corrected chi connectivity index (χ3v) is 3.10. The Bertz CT molecular complexity index is 706. The highest BCUT2D eigenvalue weighted by molar-refractivity contribution is 5.53. The fraction of sp³-hybridized carbons (Fsp3) is 0.200. The summed E-state index contributed by atoms with van der Waals surface area (Å²) in [5.74, 6) is 0.167. The van der Waals surface area contributed by atoms with Crippen molar-refractivity contribution in [3.8, 4) is 11.5 Å². The third-order valence-electron chi connectivity index (χ3n) is 3.10. The molecular formula is C15H12F3NO3. The Labute approximate surface area is 124 Å². The first-order valence-electron chi connectivity index (χ1n) is 6.30. The van der Waals surface area contributed by atoms with Gasteiger partial charge in [-0.2, -0.15) is 13.2 Å². The molecule has 0 radical (unpaired) electrons. The van der Waals surface area contributed by atoms with Gasteiger partial charge in [-0.05, 0) is 37.1 Å². The van der Waals surface area contributed by atoms with Crippen LogP contribution in [0.4, 0.5) is 18.9 Å². The predicted octanol–water partition coefficient (Wildman–Crippen LogP) is 5.02. The summed E-state index contributed by atoms with van der Waals surface area (Å²) in [6, 6.07) is 7.49. The molecule has 22 heavy (non-hydrogen) atoms. The van der Waals surface area contributed by atoms with E-state index in [1.54, 1.807) is 32.0 Å². The number of alkyl halides is 3. The fourth-order valence-electron chi connectivity index (χ4n) is 1.99. The van der Waals surface area contributed by atoms with Crippen molar-refractivity contribution in [1.29, 1.82) is 0 Å². The van der Waals surface area contributed by atoms with E-state index in [0.717, 1.165) is 23.3 Å². The molecule has 0 heterocycles. The van der Waals surface area contributed by atoms with Crippen LogP contribution in [0, 0.1) is 24.0 Å². The maximum absolute atomic E-state index is 12.7. The molecule has 0 atom stereocenters. The smallest absolute Gasteiger partial charge is 0.416 e. The van der Waals surface area contributed by atoms with Crippen molar-refractivity contribution in [3.05, 3.63) is 63.2 Å². The first kappa shape index (κ1) is 15.8. The first-order valence-corrected chi connectivity index (χ1v) is 6.30. The predicted molar refractivity (Wildman–Crippen MR) is 74.1 cm³/mol. The number of halogens is 3. The molecule has 4 nitrogen and oxygen atoms in total. The molecule has 0 aliphatic heterocycles. The second kappa shape index (κ2) is 5.67. The van der Waals surface area contributed by atoms with E-state index in [-0.39, 0.29) is 5.75 Å². The lowest BCUT2D eigenvalue weighted by Gasteiger charge is -2.13. The summed E-state index contributed by atoms with van der Waals surface area (Å²) in [7, 11) is 0. The Morgan fingerprint density at radius 1 is 1.09 bits per heavy atom. The van der Waals surface area contributed by atoms with Gasteiger partial charge in [0.25, 0.3) is 0 Å². The Hall–Kier alpha value is -2.57. The number of para-hydroxylation sites is 1. The summed E-state index contributed by atoms with van der Waals surface area (Å²) in [5, 5.41) is 11.0. The highest BCUT2D eigenvalue weighted by Crippen LogP contribution is 2.39. The molecule has 0 spiro atoms. The van der Waals surface area contributed by atoms with Gasteiger partial charge >= 0.3 is 11.9 Å². The minimum Gasteiger partial charge on any atom is -0.450 e. The molecule has 0 fully saturated rings. The van der Waals surface area contributed by atoms with E-state index < -0.39 is 22.4 Å². The van der Waals surface area contributed by atoms with Crippen LogP contribution in [0.2, 0.25) is 0 Å². The van der Waals surface area contributed by atoms with Gasteiger partial charge in [-0.25, -0.2) is 0 Å². The van der Waals surface area contributed by atoms with Crippen LogP contribution in [-0.2, 0) is 6.18 Å². The van der Waals surface area contributed by atoms with Gasteiger partial charge in [-0.1, -0.05) is 18.2 Å². The van der Waals surface area contributed by atoms with Crippen LogP contribution in [-0.4, -0.2) is 4.92 Å². The quantitative estimate of drug-likeness (QED) is 0.590. The number of hydrogen-bond donors (Lipinski definition) is 0. The van der Waals surface area contributed by atoms with Gasteiger partial charge in [0.15, 0.2) is 0 Å². The number of hydrogen-bond acceptors (Lipinski definition) is 3. The van der Waals surface area contributed by atoms with E-state index in [1.165, 1.54) is 0 Å². The average Bonchev–Trinajstić information content (AvgIpc) is 2.42. The molecule has 0 saturated heterocycles. The van der Waals surface area contributed by atoms with Crippen molar-refractivity contribution in [3.63, 3.8) is 0 Å². The average molecular weight is 311 g/mol. The maximum atomic E-state index is 12.7. The molecular weight excluding hydrogens is 299 g/mol. The lowest BCUT2D eigenvalue weighted by atomic mass is 10.1. The van der Waals surface area contributed by atoms with Gasteiger partial charge in [-0.15, -0.1) is 0 Å². The van der Waals surface area contributed by atoms with Crippen molar-refractivity contribution in [2.45, 2.75) is 20.0 Å². The van der Waals surface area contributed by atoms with Gasteiger partial charge in [0.05, 0.1) is 10.5 Å². The molecule has 2 rings (SSSR count). The standard InChI is InChI=1S/C15H12F3NO3/c1-9-4-3-5-10(2)14(9)22-13-7-6-11(15(16,17)18)8-12(13)19(20)21/h3-8H,1-2H3. The lowest BCUT2D eigenvalue weighted by molar-refractivity contribution is -0.385. The molecule has 2 aromatic rings. The van der Waals surface area contributed by atoms with Crippen molar-refractivity contribution in [2.75, 3.05) is 0 Å². The van der Waals surface area contributed by atoms with Gasteiger partial charge in [0.1, 0.15) is 5.75 Å². The number of nitro benzene ring substituents is 1. The van der Waals surface area contributed by atoms with Crippen molar-refractivity contribution in [2.24, 2.45) is 0 Å². The van der Waals surface area contributed by atoms with E-state index in [0.29, 0.717) is 11.8 Å². The molecule has 116 valence electrons. The molecule has 0 unspecified atom stereocenters. The van der Waals surface area contributed by atoms with Crippen LogP contribution < -0.4 is 4.74 Å². The number of ether oxygens (including phenoxy) is 1. The molecule has 7 heteroatoms. The minimum atomic E-state index is -4.65. The van der Waals surface area contributed by atoms with Crippen molar-refractivity contribution in [1.82, 2.24) is 0 Å². The molecule has 0 bridgehead atoms. The summed E-state index contributed by atoms with van der Waals surface area (Å²) in [6.45, 7) is 3.50. The number of nitrogens with zero attached hydrogens (tertiary/aromatic N) is 1. The highest BCUT2D eigenvalue weighted by atomic mass is 19.4. The van der Waals surface area contributed by atoms with Crippen LogP contribution in [0.15, 0.2) is 36.4 Å². The molecule has 0 N–H and O–H groups in total. The zero-order chi connectivity index (χ0) is 16.5. The zero-order valence-corrected chi connectivity index (χ0v) is 11.8. The largest absolute Gasteiger partial charge is 0.450 e. The second-order valence-electron chi connectivity index (χ2n) is 4.76. The molecule has 2 aromatic carbocycles. The van der Waals surface area contributed by atoms with Gasteiger partial charge < -0.3 is 4.74 Å². The third kappa shape index (κ3) is 3.19. The van der Waals surface area contributed by atoms with E-state index in [2.05, 4.69) is 0 Å². The van der Waals surface area contributed by atoms with Gasteiger partial charge in [-0.3, -0.25) is 10.1 Å². The summed E-state index contributed by atoms with van der Waals surface area (Å²) in [5.41, 5.74) is -0.353. The monoisotopic (exact) mass is 311 g/mol. The highest BCUT2D eigenvalue weighted by Gasteiger charge is 2.33. The Balaban J connectivity index is 2.50. The van der Waals surface area contributed by atoms with Crippen LogP contribution in [0.1, 0.15) is 16.7 Å². The van der Waals surface area contributed by atoms with Crippen LogP contribution in [0.3, 0.4) is 0 Å². The van der Waals surface area contributed by atoms with E-state index in [1.807, 2.05) is 0 Å². The normalized spacial score (nSPS) is 11.3. The van der Waals surface area contributed by atoms with Crippen molar-refractivity contribution >= 4 is 5.69 Å². The summed E-state index contributed by atoms with van der Waals surface area (Å²) >= 11 is 0. The minimum absolute atomic E-state index is 0.226. The summed E-state index contributed by atoms with van der Waals surface area (Å²) in [4.78, 5) is 10.1. The number of nitro groups is 1. The van der Waals surface area contributed by atoms with Crippen molar-refractivity contribution < 1.29 is 22.8 Å². The van der Waals surface area contributed by atoms with E-state index in [4.69, 9.17) is 4.74 Å². The molecule has 0 aromatic heterocycles. The number of aryl methyl sites for hydroxylation is 2. The molecule has 0 aliphatic carbocycles. The SMILES string of the molecule is Cc1cccc(C)c1Oc1ccc(C(F)(F)F)cc1[N+](=O)[O-]. The Morgan fingerprint density at radius 3 is 2.18 bits per heavy atom. The first-order chi connectivity index (χ1) is 10.2.